The Bertz CT molecular complexity index is 1170. The maximum Gasteiger partial charge on any atom is 0.246 e. The summed E-state index contributed by atoms with van der Waals surface area (Å²) in [4.78, 5) is 32.6. The fourth-order valence-corrected chi connectivity index (χ4v) is 5.08. The topological polar surface area (TPSA) is 71.5 Å². The number of amides is 2. The van der Waals surface area contributed by atoms with Crippen molar-refractivity contribution in [1.29, 1.82) is 0 Å². The van der Waals surface area contributed by atoms with Gasteiger partial charge in [0.25, 0.3) is 0 Å². The molecule has 31 heavy (non-hydrogen) atoms. The molecule has 1 N–H and O–H groups in total. The number of nitrogens with one attached hydrogen (secondary N) is 1. The number of thiazole rings is 1. The number of nitrogens with zero attached hydrogens (tertiary/aromatic N) is 2. The van der Waals surface area contributed by atoms with E-state index in [4.69, 9.17) is 4.74 Å². The molecule has 6 nitrogen and oxygen atoms in total. The van der Waals surface area contributed by atoms with Crippen molar-refractivity contribution in [1.82, 2.24) is 4.98 Å². The molecular formula is C24H23N3O3S. The van der Waals surface area contributed by atoms with Gasteiger partial charge in [0.2, 0.25) is 11.8 Å². The Morgan fingerprint density at radius 1 is 1.16 bits per heavy atom. The second-order valence-electron chi connectivity index (χ2n) is 7.86. The highest BCUT2D eigenvalue weighted by Crippen LogP contribution is 2.34. The van der Waals surface area contributed by atoms with Gasteiger partial charge in [-0.2, -0.15) is 0 Å². The maximum absolute atomic E-state index is 12.8. The first-order valence-electron chi connectivity index (χ1n) is 10.5. The Labute approximate surface area is 184 Å². The van der Waals surface area contributed by atoms with Crippen molar-refractivity contribution >= 4 is 34.0 Å². The van der Waals surface area contributed by atoms with E-state index in [0.717, 1.165) is 29.0 Å². The number of fused-ring (bicyclic) bond motifs is 2. The molecule has 5 rings (SSSR count). The zero-order valence-electron chi connectivity index (χ0n) is 17.3. The second-order valence-corrected chi connectivity index (χ2v) is 9.06. The predicted molar refractivity (Wildman–Crippen MR) is 122 cm³/mol. The quantitative estimate of drug-likeness (QED) is 0.664. The SMILES string of the molecule is Cc1sc(NC(=O)CN2C(=O)CCOc3ccccc32)nc1-c1ccc2c(c1)CCC2. The van der Waals surface area contributed by atoms with E-state index in [2.05, 4.69) is 28.5 Å². The van der Waals surface area contributed by atoms with E-state index in [9.17, 15) is 9.59 Å². The van der Waals surface area contributed by atoms with Crippen molar-refractivity contribution in [2.75, 3.05) is 23.4 Å². The minimum atomic E-state index is -0.278. The van der Waals surface area contributed by atoms with Crippen molar-refractivity contribution in [3.05, 3.63) is 58.5 Å². The van der Waals surface area contributed by atoms with E-state index in [1.165, 1.54) is 33.8 Å². The van der Waals surface area contributed by atoms with Crippen LogP contribution < -0.4 is 15.0 Å². The molecule has 1 aromatic heterocycles. The Morgan fingerprint density at radius 2 is 2.00 bits per heavy atom. The number of anilines is 2. The number of hydrogen-bond acceptors (Lipinski definition) is 5. The first kappa shape index (κ1) is 19.8. The number of carbonyl (C=O) groups excluding carboxylic acids is 2. The second kappa shape index (κ2) is 8.15. The van der Waals surface area contributed by atoms with Crippen molar-refractivity contribution in [3.63, 3.8) is 0 Å². The van der Waals surface area contributed by atoms with E-state index in [1.54, 1.807) is 6.07 Å². The van der Waals surface area contributed by atoms with Gasteiger partial charge in [0.15, 0.2) is 5.13 Å². The van der Waals surface area contributed by atoms with Crippen LogP contribution in [-0.2, 0) is 22.4 Å². The van der Waals surface area contributed by atoms with Crippen LogP contribution >= 0.6 is 11.3 Å². The summed E-state index contributed by atoms with van der Waals surface area (Å²) in [6.07, 6.45) is 3.71. The Kier molecular flexibility index (Phi) is 5.19. The highest BCUT2D eigenvalue weighted by Gasteiger charge is 2.25. The van der Waals surface area contributed by atoms with E-state index < -0.39 is 0 Å². The van der Waals surface area contributed by atoms with Gasteiger partial charge in [-0.3, -0.25) is 14.5 Å². The predicted octanol–water partition coefficient (Wildman–Crippen LogP) is 4.36. The molecule has 2 aromatic carbocycles. The number of carbonyl (C=O) groups is 2. The Hall–Kier alpha value is -3.19. The van der Waals surface area contributed by atoms with Crippen molar-refractivity contribution in [3.8, 4) is 17.0 Å². The van der Waals surface area contributed by atoms with Crippen LogP contribution in [-0.4, -0.2) is 29.9 Å². The molecule has 0 unspecified atom stereocenters. The summed E-state index contributed by atoms with van der Waals surface area (Å²) in [7, 11) is 0. The molecular weight excluding hydrogens is 410 g/mol. The molecule has 0 saturated heterocycles. The monoisotopic (exact) mass is 433 g/mol. The lowest BCUT2D eigenvalue weighted by Gasteiger charge is -2.20. The number of aromatic nitrogens is 1. The summed E-state index contributed by atoms with van der Waals surface area (Å²) in [6.45, 7) is 2.25. The third kappa shape index (κ3) is 3.93. The summed E-state index contributed by atoms with van der Waals surface area (Å²) in [5.41, 5.74) is 5.44. The number of ether oxygens (including phenoxy) is 1. The van der Waals surface area contributed by atoms with Crippen molar-refractivity contribution in [2.45, 2.75) is 32.6 Å². The van der Waals surface area contributed by atoms with Crippen LogP contribution in [0.3, 0.4) is 0 Å². The lowest BCUT2D eigenvalue weighted by molar-refractivity contribution is -0.121. The average Bonchev–Trinajstić information content (AvgIpc) is 3.34. The van der Waals surface area contributed by atoms with E-state index in [1.807, 2.05) is 25.1 Å². The fraction of sp³-hybridized carbons (Fsp3) is 0.292. The number of hydrogen-bond donors (Lipinski definition) is 1. The highest BCUT2D eigenvalue weighted by molar-refractivity contribution is 7.16. The largest absolute Gasteiger partial charge is 0.491 e. The molecule has 3 aromatic rings. The number of rotatable bonds is 4. The molecule has 2 heterocycles. The smallest absolute Gasteiger partial charge is 0.246 e. The summed E-state index contributed by atoms with van der Waals surface area (Å²) in [5.74, 6) is 0.207. The van der Waals surface area contributed by atoms with Gasteiger partial charge in [0, 0.05) is 10.4 Å². The Morgan fingerprint density at radius 3 is 2.90 bits per heavy atom. The Balaban J connectivity index is 1.33. The number of para-hydroxylation sites is 2. The first-order valence-corrected chi connectivity index (χ1v) is 11.3. The van der Waals surface area contributed by atoms with Crippen LogP contribution in [0.4, 0.5) is 10.8 Å². The van der Waals surface area contributed by atoms with Crippen LogP contribution in [0, 0.1) is 6.92 Å². The van der Waals surface area contributed by atoms with E-state index in [-0.39, 0.29) is 24.8 Å². The first-order chi connectivity index (χ1) is 15.1. The van der Waals surface area contributed by atoms with E-state index >= 15 is 0 Å². The minimum Gasteiger partial charge on any atom is -0.491 e. The lowest BCUT2D eigenvalue weighted by Crippen LogP contribution is -2.37. The standard InChI is InChI=1S/C24H23N3O3S/c1-15-23(18-10-9-16-5-4-6-17(16)13-18)26-24(31-15)25-21(28)14-27-19-7-2-3-8-20(19)30-12-11-22(27)29/h2-3,7-10,13H,4-6,11-12,14H2,1H3,(H,25,26,28). The van der Waals surface area contributed by atoms with Crippen LogP contribution in [0.25, 0.3) is 11.3 Å². The van der Waals surface area contributed by atoms with Gasteiger partial charge in [-0.05, 0) is 55.5 Å². The van der Waals surface area contributed by atoms with Gasteiger partial charge < -0.3 is 10.1 Å². The summed E-state index contributed by atoms with van der Waals surface area (Å²) in [6, 6.07) is 13.8. The van der Waals surface area contributed by atoms with Gasteiger partial charge >= 0.3 is 0 Å². The average molecular weight is 434 g/mol. The lowest BCUT2D eigenvalue weighted by atomic mass is 10.0. The molecule has 0 fully saturated rings. The summed E-state index contributed by atoms with van der Waals surface area (Å²) >= 11 is 1.45. The van der Waals surface area contributed by atoms with Crippen LogP contribution in [0.2, 0.25) is 0 Å². The summed E-state index contributed by atoms with van der Waals surface area (Å²) < 4.78 is 5.64. The molecule has 1 aliphatic heterocycles. The van der Waals surface area contributed by atoms with E-state index in [0.29, 0.717) is 23.2 Å². The van der Waals surface area contributed by atoms with Crippen molar-refractivity contribution < 1.29 is 14.3 Å². The molecule has 2 amide bonds. The van der Waals surface area contributed by atoms with Crippen LogP contribution in [0.5, 0.6) is 5.75 Å². The molecule has 7 heteroatoms. The zero-order valence-corrected chi connectivity index (χ0v) is 18.1. The molecule has 0 spiro atoms. The van der Waals surface area contributed by atoms with Gasteiger partial charge in [0.1, 0.15) is 12.3 Å². The maximum atomic E-state index is 12.8. The molecule has 1 aliphatic carbocycles. The zero-order chi connectivity index (χ0) is 21.4. The molecule has 158 valence electrons. The molecule has 0 radical (unpaired) electrons. The summed E-state index contributed by atoms with van der Waals surface area (Å²) in [5, 5.41) is 3.42. The molecule has 0 saturated carbocycles. The van der Waals surface area contributed by atoms with Gasteiger partial charge in [-0.25, -0.2) is 4.98 Å². The van der Waals surface area contributed by atoms with Gasteiger partial charge in [-0.15, -0.1) is 11.3 Å². The van der Waals surface area contributed by atoms with Crippen LogP contribution in [0.1, 0.15) is 28.8 Å². The minimum absolute atomic E-state index is 0.0774. The highest BCUT2D eigenvalue weighted by atomic mass is 32.1. The van der Waals surface area contributed by atoms with Crippen molar-refractivity contribution in [2.24, 2.45) is 0 Å². The van der Waals surface area contributed by atoms with Crippen LogP contribution in [0.15, 0.2) is 42.5 Å². The normalized spacial score (nSPS) is 15.1. The fourth-order valence-electron chi connectivity index (χ4n) is 4.23. The molecule has 2 aliphatic rings. The molecule has 0 bridgehead atoms. The number of aryl methyl sites for hydroxylation is 3. The molecule has 0 atom stereocenters. The third-order valence-corrected chi connectivity index (χ3v) is 6.63. The van der Waals surface area contributed by atoms with Gasteiger partial charge in [0.05, 0.1) is 24.4 Å². The third-order valence-electron chi connectivity index (χ3n) is 5.75. The number of benzene rings is 2. The van der Waals surface area contributed by atoms with Gasteiger partial charge in [-0.1, -0.05) is 24.3 Å².